The minimum atomic E-state index is -4.63. The Bertz CT molecular complexity index is 1300. The zero-order valence-corrected chi connectivity index (χ0v) is 43.9. The van der Waals surface area contributed by atoms with Crippen LogP contribution in [0, 0.1) is 0 Å². The van der Waals surface area contributed by atoms with Crippen LogP contribution in [0.3, 0.4) is 0 Å². The van der Waals surface area contributed by atoms with Crippen molar-refractivity contribution >= 4 is 19.8 Å². The summed E-state index contributed by atoms with van der Waals surface area (Å²) in [5.74, 6) is -1.78. The molecule has 0 saturated carbocycles. The van der Waals surface area contributed by atoms with Crippen LogP contribution < -0.4 is 5.73 Å². The first-order chi connectivity index (χ1) is 32.7. The molecule has 67 heavy (non-hydrogen) atoms. The van der Waals surface area contributed by atoms with Gasteiger partial charge >= 0.3 is 19.8 Å². The Labute approximate surface area is 411 Å². The molecule has 3 unspecified atom stereocenters. The van der Waals surface area contributed by atoms with Crippen molar-refractivity contribution in [3.63, 3.8) is 0 Å². The topological polar surface area (TPSA) is 155 Å². The molecule has 390 valence electrons. The van der Waals surface area contributed by atoms with E-state index in [1.165, 1.54) is 148 Å². The molecule has 3 atom stereocenters. The summed E-state index contributed by atoms with van der Waals surface area (Å²) in [6.45, 7) is 3.87. The first kappa shape index (κ1) is 64.7. The molecule has 0 aliphatic rings. The molecule has 0 fully saturated rings. The van der Waals surface area contributed by atoms with Crippen LogP contribution in [-0.4, -0.2) is 60.5 Å². The number of carbonyl (C=O) groups excluding carboxylic acids is 1. The van der Waals surface area contributed by atoms with Gasteiger partial charge < -0.3 is 25.2 Å². The lowest BCUT2D eigenvalue weighted by atomic mass is 10.1. The summed E-state index contributed by atoms with van der Waals surface area (Å²) in [6.07, 6.45) is 64.2. The highest BCUT2D eigenvalue weighted by molar-refractivity contribution is 7.47. The molecule has 0 aliphatic heterocycles. The van der Waals surface area contributed by atoms with Crippen molar-refractivity contribution in [1.82, 2.24) is 0 Å². The van der Waals surface area contributed by atoms with Gasteiger partial charge in [0.15, 0.2) is 0 Å². The van der Waals surface area contributed by atoms with Crippen LogP contribution in [0.2, 0.25) is 0 Å². The summed E-state index contributed by atoms with van der Waals surface area (Å²) >= 11 is 0. The number of phosphoric acid groups is 1. The molecule has 0 spiro atoms. The van der Waals surface area contributed by atoms with Crippen molar-refractivity contribution in [3.8, 4) is 0 Å². The second kappa shape index (κ2) is 51.5. The van der Waals surface area contributed by atoms with Gasteiger partial charge in [0.2, 0.25) is 0 Å². The number of ether oxygens (including phenoxy) is 2. The number of hydrogen-bond donors (Lipinski definition) is 3. The third-order valence-corrected chi connectivity index (χ3v) is 12.7. The number of unbranched alkanes of at least 4 members (excludes halogenated alkanes) is 28. The monoisotopic (exact) mass is 964 g/mol. The third-order valence-electron chi connectivity index (χ3n) is 11.8. The fourth-order valence-electron chi connectivity index (χ4n) is 7.52. The molecule has 0 bridgehead atoms. The fraction of sp³-hybridized carbons (Fsp3) is 0.786. The van der Waals surface area contributed by atoms with Gasteiger partial charge in [-0.25, -0.2) is 4.57 Å². The number of hydrogen-bond acceptors (Lipinski definition) is 8. The van der Waals surface area contributed by atoms with E-state index < -0.39 is 45.1 Å². The highest BCUT2D eigenvalue weighted by Crippen LogP contribution is 2.43. The van der Waals surface area contributed by atoms with E-state index in [1.54, 1.807) is 0 Å². The Balaban J connectivity index is 4.13. The standard InChI is InChI=1S/C56H102NO9P/c1-3-5-7-9-11-13-15-17-19-21-23-25-26-27-29-31-33-35-37-39-41-43-45-47-49-63-50-53(51-64-67(61,62)65-52-54(57)56(59)60)66-55(58)48-46-44-42-40-38-36-34-32-30-28-24-22-20-18-16-14-12-10-8-6-4-2/h15-18,21-24,26-27,53-54H,3-14,19-20,25,28-52,57H2,1-2H3,(H,59,60)(H,61,62)/b17-15-,18-16-,23-21-,24-22-,27-26-. The lowest BCUT2D eigenvalue weighted by Crippen LogP contribution is -2.34. The molecule has 0 aromatic heterocycles. The zero-order valence-electron chi connectivity index (χ0n) is 43.0. The van der Waals surface area contributed by atoms with E-state index in [2.05, 4.69) is 74.6 Å². The molecule has 0 aromatic carbocycles. The maximum atomic E-state index is 12.7. The second-order valence-electron chi connectivity index (χ2n) is 18.4. The predicted octanol–water partition coefficient (Wildman–Crippen LogP) is 16.3. The average Bonchev–Trinajstić information content (AvgIpc) is 3.31. The number of allylic oxidation sites excluding steroid dienone is 10. The van der Waals surface area contributed by atoms with Crippen LogP contribution in [0.5, 0.6) is 0 Å². The zero-order chi connectivity index (χ0) is 49.0. The summed E-state index contributed by atoms with van der Waals surface area (Å²) in [5, 5.41) is 8.94. The number of esters is 1. The highest BCUT2D eigenvalue weighted by Gasteiger charge is 2.27. The smallest absolute Gasteiger partial charge is 0.472 e. The first-order valence-corrected chi connectivity index (χ1v) is 28.8. The molecule has 11 heteroatoms. The maximum absolute atomic E-state index is 12.7. The van der Waals surface area contributed by atoms with Gasteiger partial charge in [-0.2, -0.15) is 0 Å². The third kappa shape index (κ3) is 51.4. The van der Waals surface area contributed by atoms with E-state index >= 15 is 0 Å². The van der Waals surface area contributed by atoms with Crippen molar-refractivity contribution < 1.29 is 42.7 Å². The number of phosphoric ester groups is 1. The van der Waals surface area contributed by atoms with Gasteiger partial charge in [0, 0.05) is 13.0 Å². The number of aliphatic carboxylic acids is 1. The van der Waals surface area contributed by atoms with Gasteiger partial charge in [0.25, 0.3) is 0 Å². The lowest BCUT2D eigenvalue weighted by Gasteiger charge is -2.20. The van der Waals surface area contributed by atoms with E-state index in [9.17, 15) is 19.0 Å². The van der Waals surface area contributed by atoms with Gasteiger partial charge in [-0.3, -0.25) is 18.6 Å². The SMILES string of the molecule is CCCCCCC/C=C\C/C=C\C/C=C\CCCCCCCCCCCOCC(COP(=O)(O)OCC(N)C(=O)O)OC(=O)CCCCCCCCCCC/C=C\C/C=C\CCCCCCC. The van der Waals surface area contributed by atoms with Crippen molar-refractivity contribution in [3.05, 3.63) is 60.8 Å². The van der Waals surface area contributed by atoms with E-state index in [0.29, 0.717) is 13.0 Å². The summed E-state index contributed by atoms with van der Waals surface area (Å²) in [7, 11) is -4.63. The van der Waals surface area contributed by atoms with Gasteiger partial charge in [0.05, 0.1) is 19.8 Å². The molecule has 0 amide bonds. The maximum Gasteiger partial charge on any atom is 0.472 e. The summed E-state index contributed by atoms with van der Waals surface area (Å²) < 4.78 is 33.6. The summed E-state index contributed by atoms with van der Waals surface area (Å²) in [4.78, 5) is 33.8. The fourth-order valence-corrected chi connectivity index (χ4v) is 8.30. The number of rotatable bonds is 52. The van der Waals surface area contributed by atoms with Gasteiger partial charge in [-0.05, 0) is 83.5 Å². The van der Waals surface area contributed by atoms with Crippen molar-refractivity contribution in [2.45, 2.75) is 257 Å². The number of carboxylic acids is 1. The molecule has 0 aliphatic carbocycles. The van der Waals surface area contributed by atoms with Gasteiger partial charge in [0.1, 0.15) is 12.1 Å². The van der Waals surface area contributed by atoms with Crippen molar-refractivity contribution in [1.29, 1.82) is 0 Å². The normalized spacial score (nSPS) is 14.1. The van der Waals surface area contributed by atoms with E-state index in [1.807, 2.05) is 0 Å². The van der Waals surface area contributed by atoms with Crippen LogP contribution in [0.15, 0.2) is 60.8 Å². The number of carbonyl (C=O) groups is 2. The van der Waals surface area contributed by atoms with Crippen LogP contribution in [0.25, 0.3) is 0 Å². The first-order valence-electron chi connectivity index (χ1n) is 27.3. The number of carboxylic acid groups (broad SMARTS) is 1. The Kier molecular flexibility index (Phi) is 49.7. The average molecular weight is 964 g/mol. The molecule has 0 aromatic rings. The van der Waals surface area contributed by atoms with E-state index in [0.717, 1.165) is 70.6 Å². The second-order valence-corrected chi connectivity index (χ2v) is 19.8. The molecular weight excluding hydrogens is 862 g/mol. The van der Waals surface area contributed by atoms with Crippen LogP contribution in [-0.2, 0) is 32.7 Å². The molecule has 4 N–H and O–H groups in total. The Hall–Kier alpha value is -2.33. The predicted molar refractivity (Wildman–Crippen MR) is 281 cm³/mol. The number of nitrogens with two attached hydrogens (primary N) is 1. The highest BCUT2D eigenvalue weighted by atomic mass is 31.2. The minimum absolute atomic E-state index is 0.0101. The van der Waals surface area contributed by atoms with E-state index in [-0.39, 0.29) is 13.0 Å². The molecule has 0 radical (unpaired) electrons. The van der Waals surface area contributed by atoms with Gasteiger partial charge in [-0.15, -0.1) is 0 Å². The summed E-state index contributed by atoms with van der Waals surface area (Å²) in [5.41, 5.74) is 5.38. The largest absolute Gasteiger partial charge is 0.480 e. The van der Waals surface area contributed by atoms with E-state index in [4.69, 9.17) is 29.4 Å². The summed E-state index contributed by atoms with van der Waals surface area (Å²) in [6, 6.07) is -1.48. The molecule has 0 heterocycles. The lowest BCUT2D eigenvalue weighted by molar-refractivity contribution is -0.154. The Morgan fingerprint density at radius 3 is 1.22 bits per heavy atom. The minimum Gasteiger partial charge on any atom is -0.480 e. The van der Waals surface area contributed by atoms with Crippen LogP contribution >= 0.6 is 7.82 Å². The Morgan fingerprint density at radius 1 is 0.478 bits per heavy atom. The molecule has 0 rings (SSSR count). The van der Waals surface area contributed by atoms with Crippen LogP contribution in [0.4, 0.5) is 0 Å². The molecule has 10 nitrogen and oxygen atoms in total. The van der Waals surface area contributed by atoms with Crippen molar-refractivity contribution in [2.24, 2.45) is 5.73 Å². The quantitative estimate of drug-likeness (QED) is 0.0232. The molecule has 0 saturated heterocycles. The van der Waals surface area contributed by atoms with Crippen LogP contribution in [0.1, 0.15) is 245 Å². The van der Waals surface area contributed by atoms with Gasteiger partial charge in [-0.1, -0.05) is 216 Å². The Morgan fingerprint density at radius 2 is 0.821 bits per heavy atom. The van der Waals surface area contributed by atoms with Crippen molar-refractivity contribution in [2.75, 3.05) is 26.4 Å². The molecular formula is C56H102NO9P.